The van der Waals surface area contributed by atoms with Crippen LogP contribution in [0.1, 0.15) is 11.1 Å². The molecule has 2 rings (SSSR count). The van der Waals surface area contributed by atoms with E-state index in [9.17, 15) is 8.42 Å². The van der Waals surface area contributed by atoms with Crippen LogP contribution >= 0.6 is 15.9 Å². The van der Waals surface area contributed by atoms with Gasteiger partial charge in [0.2, 0.25) is 0 Å². The third kappa shape index (κ3) is 3.12. The highest BCUT2D eigenvalue weighted by Gasteiger charge is 2.18. The Bertz CT molecular complexity index is 782. The molecule has 0 atom stereocenters. The molecule has 0 aliphatic carbocycles. The Labute approximate surface area is 124 Å². The predicted octanol–water partition coefficient (Wildman–Crippen LogP) is 2.22. The third-order valence-electron chi connectivity index (χ3n) is 2.47. The molecule has 0 saturated carbocycles. The first-order chi connectivity index (χ1) is 9.42. The highest BCUT2D eigenvalue weighted by atomic mass is 79.9. The van der Waals surface area contributed by atoms with Crippen molar-refractivity contribution >= 4 is 31.8 Å². The van der Waals surface area contributed by atoms with E-state index in [1.54, 1.807) is 19.1 Å². The monoisotopic (exact) mass is 352 g/mol. The van der Waals surface area contributed by atoms with E-state index in [0.29, 0.717) is 10.2 Å². The van der Waals surface area contributed by atoms with Crippen molar-refractivity contribution in [1.82, 2.24) is 9.97 Å². The summed E-state index contributed by atoms with van der Waals surface area (Å²) in [5.74, 6) is 0.106. The summed E-state index contributed by atoms with van der Waals surface area (Å²) >= 11 is 3.11. The molecule has 2 aromatic rings. The molecule has 1 aromatic carbocycles. The lowest BCUT2D eigenvalue weighted by atomic mass is 10.2. The van der Waals surface area contributed by atoms with Gasteiger partial charge < -0.3 is 0 Å². The van der Waals surface area contributed by atoms with Gasteiger partial charge in [-0.15, -0.1) is 0 Å². The fourth-order valence-electron chi connectivity index (χ4n) is 1.52. The Morgan fingerprint density at radius 1 is 1.30 bits per heavy atom. The van der Waals surface area contributed by atoms with Crippen LogP contribution in [0, 0.1) is 18.3 Å². The van der Waals surface area contributed by atoms with E-state index < -0.39 is 10.0 Å². The van der Waals surface area contributed by atoms with E-state index in [1.807, 2.05) is 6.07 Å². The van der Waals surface area contributed by atoms with Crippen molar-refractivity contribution in [2.45, 2.75) is 11.8 Å². The molecule has 0 fully saturated rings. The summed E-state index contributed by atoms with van der Waals surface area (Å²) in [7, 11) is -3.81. The number of rotatable bonds is 3. The van der Waals surface area contributed by atoms with Crippen LogP contribution in [-0.4, -0.2) is 18.4 Å². The number of hydrogen-bond donors (Lipinski definition) is 1. The number of sulfonamides is 1. The van der Waals surface area contributed by atoms with Gasteiger partial charge in [-0.3, -0.25) is 4.72 Å². The lowest BCUT2D eigenvalue weighted by molar-refractivity contribution is 0.600. The van der Waals surface area contributed by atoms with Crippen LogP contribution < -0.4 is 4.72 Å². The van der Waals surface area contributed by atoms with Crippen molar-refractivity contribution < 1.29 is 8.42 Å². The number of anilines is 1. The van der Waals surface area contributed by atoms with Crippen LogP contribution in [-0.2, 0) is 10.0 Å². The van der Waals surface area contributed by atoms with Gasteiger partial charge >= 0.3 is 0 Å². The van der Waals surface area contributed by atoms with E-state index in [4.69, 9.17) is 5.26 Å². The van der Waals surface area contributed by atoms with Crippen LogP contribution in [0.25, 0.3) is 0 Å². The Kier molecular flexibility index (Phi) is 4.01. The van der Waals surface area contributed by atoms with Crippen LogP contribution in [0.15, 0.2) is 40.1 Å². The summed E-state index contributed by atoms with van der Waals surface area (Å²) in [6, 6.07) is 6.38. The largest absolute Gasteiger partial charge is 0.263 e. The zero-order chi connectivity index (χ0) is 14.8. The van der Waals surface area contributed by atoms with Crippen molar-refractivity contribution in [2.24, 2.45) is 0 Å². The van der Waals surface area contributed by atoms with Crippen LogP contribution in [0.5, 0.6) is 0 Å². The molecule has 20 heavy (non-hydrogen) atoms. The second-order valence-corrected chi connectivity index (χ2v) is 6.39. The van der Waals surface area contributed by atoms with Crippen molar-refractivity contribution in [3.8, 4) is 6.07 Å². The molecule has 1 aromatic heterocycles. The quantitative estimate of drug-likeness (QED) is 0.913. The molecular formula is C12H9BrN4O2S. The average Bonchev–Trinajstić information content (AvgIpc) is 2.41. The second kappa shape index (κ2) is 5.56. The summed E-state index contributed by atoms with van der Waals surface area (Å²) in [5, 5.41) is 8.85. The van der Waals surface area contributed by atoms with Crippen LogP contribution in [0.2, 0.25) is 0 Å². The topological polar surface area (TPSA) is 95.7 Å². The summed E-state index contributed by atoms with van der Waals surface area (Å²) in [6.45, 7) is 1.66. The minimum absolute atomic E-state index is 0.0428. The molecule has 0 radical (unpaired) electrons. The first-order valence-electron chi connectivity index (χ1n) is 5.43. The Morgan fingerprint density at radius 2 is 2.05 bits per heavy atom. The molecule has 0 bridgehead atoms. The smallest absolute Gasteiger partial charge is 0.262 e. The standard InChI is InChI=1S/C12H9BrN4O2S/c1-8-2-3-9(5-14)4-10(8)20(18,19)17-12-7-15-11(13)6-16-12/h2-4,6-7H,1H3,(H,16,17). The third-order valence-corrected chi connectivity index (χ3v) is 4.37. The van der Waals surface area contributed by atoms with Gasteiger partial charge in [0.1, 0.15) is 4.60 Å². The number of nitriles is 1. The minimum atomic E-state index is -3.81. The normalized spacial score (nSPS) is 10.8. The zero-order valence-corrected chi connectivity index (χ0v) is 12.7. The molecule has 8 heteroatoms. The Balaban J connectivity index is 2.40. The number of nitrogens with zero attached hydrogens (tertiary/aromatic N) is 3. The Hall–Kier alpha value is -1.98. The second-order valence-electron chi connectivity index (χ2n) is 3.92. The van der Waals surface area contributed by atoms with Gasteiger partial charge in [0.25, 0.3) is 10.0 Å². The summed E-state index contributed by atoms with van der Waals surface area (Å²) in [4.78, 5) is 7.83. The van der Waals surface area contributed by atoms with Gasteiger partial charge in [-0.2, -0.15) is 5.26 Å². The number of nitrogens with one attached hydrogen (secondary N) is 1. The molecule has 102 valence electrons. The fraction of sp³-hybridized carbons (Fsp3) is 0.0833. The van der Waals surface area contributed by atoms with E-state index in [0.717, 1.165) is 0 Å². The summed E-state index contributed by atoms with van der Waals surface area (Å²) < 4.78 is 27.4. The molecule has 1 heterocycles. The molecule has 0 saturated heterocycles. The van der Waals surface area contributed by atoms with Gasteiger partial charge in [0.05, 0.1) is 28.9 Å². The predicted molar refractivity (Wildman–Crippen MR) is 76.4 cm³/mol. The summed E-state index contributed by atoms with van der Waals surface area (Å²) in [6.07, 6.45) is 2.68. The maximum Gasteiger partial charge on any atom is 0.263 e. The minimum Gasteiger partial charge on any atom is -0.262 e. The molecule has 0 unspecified atom stereocenters. The van der Waals surface area contributed by atoms with Crippen LogP contribution in [0.4, 0.5) is 5.82 Å². The molecule has 0 spiro atoms. The maximum atomic E-state index is 12.3. The number of aryl methyl sites for hydroxylation is 1. The highest BCUT2D eigenvalue weighted by molar-refractivity contribution is 9.10. The SMILES string of the molecule is Cc1ccc(C#N)cc1S(=O)(=O)Nc1cnc(Br)cn1. The lowest BCUT2D eigenvalue weighted by Gasteiger charge is -2.09. The van der Waals surface area contributed by atoms with Crippen molar-refractivity contribution in [2.75, 3.05) is 4.72 Å². The number of halogens is 1. The highest BCUT2D eigenvalue weighted by Crippen LogP contribution is 2.19. The van der Waals surface area contributed by atoms with Crippen molar-refractivity contribution in [3.05, 3.63) is 46.3 Å². The van der Waals surface area contributed by atoms with Crippen molar-refractivity contribution in [3.63, 3.8) is 0 Å². The Morgan fingerprint density at radius 3 is 2.65 bits per heavy atom. The first-order valence-corrected chi connectivity index (χ1v) is 7.71. The van der Waals surface area contributed by atoms with Gasteiger partial charge in [-0.1, -0.05) is 6.07 Å². The van der Waals surface area contributed by atoms with Crippen LogP contribution in [0.3, 0.4) is 0 Å². The first kappa shape index (κ1) is 14.4. The van der Waals surface area contributed by atoms with Gasteiger partial charge in [0, 0.05) is 0 Å². The number of hydrogen-bond acceptors (Lipinski definition) is 5. The van der Waals surface area contributed by atoms with Gasteiger partial charge in [0.15, 0.2) is 5.82 Å². The molecule has 1 N–H and O–H groups in total. The number of benzene rings is 1. The summed E-state index contributed by atoms with van der Waals surface area (Å²) in [5.41, 5.74) is 0.819. The molecule has 0 aliphatic rings. The molecule has 0 amide bonds. The number of aromatic nitrogens is 2. The van der Waals surface area contributed by atoms with E-state index in [1.165, 1.54) is 18.5 Å². The average molecular weight is 353 g/mol. The van der Waals surface area contributed by atoms with Gasteiger partial charge in [-0.25, -0.2) is 18.4 Å². The van der Waals surface area contributed by atoms with Crippen molar-refractivity contribution in [1.29, 1.82) is 5.26 Å². The fourth-order valence-corrected chi connectivity index (χ4v) is 2.99. The molecular weight excluding hydrogens is 344 g/mol. The molecule has 0 aliphatic heterocycles. The molecule has 6 nitrogen and oxygen atoms in total. The van der Waals surface area contributed by atoms with Gasteiger partial charge in [-0.05, 0) is 40.5 Å². The zero-order valence-electron chi connectivity index (χ0n) is 10.3. The lowest BCUT2D eigenvalue weighted by Crippen LogP contribution is -2.15. The van der Waals surface area contributed by atoms with E-state index in [-0.39, 0.29) is 16.3 Å². The maximum absolute atomic E-state index is 12.3. The van der Waals surface area contributed by atoms with E-state index in [2.05, 4.69) is 30.6 Å². The van der Waals surface area contributed by atoms with E-state index >= 15 is 0 Å².